The van der Waals surface area contributed by atoms with Gasteiger partial charge in [0.2, 0.25) is 5.91 Å². The lowest BCUT2D eigenvalue weighted by atomic mass is 9.73. The third-order valence-corrected chi connectivity index (χ3v) is 6.02. The van der Waals surface area contributed by atoms with Crippen LogP contribution in [0.2, 0.25) is 0 Å². The summed E-state index contributed by atoms with van der Waals surface area (Å²) in [5, 5.41) is 8.88. The van der Waals surface area contributed by atoms with Crippen LogP contribution in [-0.4, -0.2) is 40.6 Å². The minimum Gasteiger partial charge on any atom is -0.481 e. The number of ether oxygens (including phenoxy) is 1. The Kier molecular flexibility index (Phi) is 5.84. The first-order valence-electron chi connectivity index (χ1n) is 9.72. The highest BCUT2D eigenvalue weighted by atomic mass is 19.1. The van der Waals surface area contributed by atoms with E-state index in [1.54, 1.807) is 6.07 Å². The average Bonchev–Trinajstić information content (AvgIpc) is 3.02. The van der Waals surface area contributed by atoms with Gasteiger partial charge in [-0.2, -0.15) is 0 Å². The van der Waals surface area contributed by atoms with E-state index in [4.69, 9.17) is 9.84 Å². The SMILES string of the molecule is CC(C)[C@@H]1C[C@@]2(CCCN2C(=O)CCC(=O)O)CO[C@H]1c1cccc(F)c1. The highest BCUT2D eigenvalue weighted by Crippen LogP contribution is 2.47. The van der Waals surface area contributed by atoms with Crippen LogP contribution in [0.5, 0.6) is 0 Å². The van der Waals surface area contributed by atoms with Crippen LogP contribution >= 0.6 is 0 Å². The number of hydrogen-bond acceptors (Lipinski definition) is 3. The number of aliphatic carboxylic acids is 1. The number of amides is 1. The molecule has 2 heterocycles. The average molecular weight is 377 g/mol. The smallest absolute Gasteiger partial charge is 0.303 e. The van der Waals surface area contributed by atoms with Gasteiger partial charge in [0.15, 0.2) is 0 Å². The Balaban J connectivity index is 1.80. The first kappa shape index (κ1) is 19.8. The van der Waals surface area contributed by atoms with Crippen LogP contribution in [0, 0.1) is 17.7 Å². The molecule has 2 fully saturated rings. The fourth-order valence-corrected chi connectivity index (χ4v) is 4.62. The Morgan fingerprint density at radius 3 is 2.81 bits per heavy atom. The molecule has 1 spiro atoms. The van der Waals surface area contributed by atoms with Crippen LogP contribution in [0.3, 0.4) is 0 Å². The molecule has 3 rings (SSSR count). The number of nitrogens with zero attached hydrogens (tertiary/aromatic N) is 1. The number of benzene rings is 1. The van der Waals surface area contributed by atoms with Gasteiger partial charge in [-0.25, -0.2) is 4.39 Å². The topological polar surface area (TPSA) is 66.8 Å². The molecule has 148 valence electrons. The summed E-state index contributed by atoms with van der Waals surface area (Å²) in [5.74, 6) is -0.862. The summed E-state index contributed by atoms with van der Waals surface area (Å²) in [6, 6.07) is 6.55. The Labute approximate surface area is 159 Å². The van der Waals surface area contributed by atoms with E-state index in [1.165, 1.54) is 12.1 Å². The molecule has 1 aromatic carbocycles. The van der Waals surface area contributed by atoms with Crippen molar-refractivity contribution in [3.05, 3.63) is 35.6 Å². The largest absolute Gasteiger partial charge is 0.481 e. The lowest BCUT2D eigenvalue weighted by molar-refractivity contribution is -0.154. The minimum atomic E-state index is -0.956. The molecular weight excluding hydrogens is 349 g/mol. The zero-order chi connectivity index (χ0) is 19.6. The molecule has 0 aromatic heterocycles. The molecular formula is C21H28FNO4. The van der Waals surface area contributed by atoms with Crippen molar-refractivity contribution in [3.63, 3.8) is 0 Å². The van der Waals surface area contributed by atoms with Crippen LogP contribution in [0.4, 0.5) is 4.39 Å². The normalized spacial score (nSPS) is 28.1. The number of carbonyl (C=O) groups is 2. The predicted octanol–water partition coefficient (Wildman–Crippen LogP) is 3.79. The molecule has 1 amide bonds. The van der Waals surface area contributed by atoms with Crippen molar-refractivity contribution in [1.29, 1.82) is 0 Å². The van der Waals surface area contributed by atoms with Gasteiger partial charge in [-0.15, -0.1) is 0 Å². The van der Waals surface area contributed by atoms with Crippen LogP contribution < -0.4 is 0 Å². The van der Waals surface area contributed by atoms with Crippen molar-refractivity contribution >= 4 is 11.9 Å². The fourth-order valence-electron chi connectivity index (χ4n) is 4.62. The molecule has 0 aliphatic carbocycles. The van der Waals surface area contributed by atoms with Crippen molar-refractivity contribution in [1.82, 2.24) is 4.90 Å². The maximum Gasteiger partial charge on any atom is 0.303 e. The molecule has 0 radical (unpaired) electrons. The van der Waals surface area contributed by atoms with Gasteiger partial charge < -0.3 is 14.7 Å². The van der Waals surface area contributed by atoms with Crippen molar-refractivity contribution < 1.29 is 23.8 Å². The van der Waals surface area contributed by atoms with Crippen LogP contribution in [0.1, 0.15) is 57.6 Å². The Bertz CT molecular complexity index is 707. The molecule has 2 saturated heterocycles. The quantitative estimate of drug-likeness (QED) is 0.848. The Morgan fingerprint density at radius 1 is 1.37 bits per heavy atom. The van der Waals surface area contributed by atoms with Gasteiger partial charge in [-0.3, -0.25) is 9.59 Å². The fraction of sp³-hybridized carbons (Fsp3) is 0.619. The highest BCUT2D eigenvalue weighted by molar-refractivity contribution is 5.81. The molecule has 0 bridgehead atoms. The van der Waals surface area contributed by atoms with E-state index in [1.807, 2.05) is 11.0 Å². The lowest BCUT2D eigenvalue weighted by Crippen LogP contribution is -2.55. The third-order valence-electron chi connectivity index (χ3n) is 6.02. The second-order valence-corrected chi connectivity index (χ2v) is 8.17. The highest BCUT2D eigenvalue weighted by Gasteiger charge is 2.50. The molecule has 2 aliphatic heterocycles. The summed E-state index contributed by atoms with van der Waals surface area (Å²) in [6.07, 6.45) is 2.25. The van der Waals surface area contributed by atoms with Gasteiger partial charge in [0.25, 0.3) is 0 Å². The summed E-state index contributed by atoms with van der Waals surface area (Å²) in [5.41, 5.74) is 0.472. The van der Waals surface area contributed by atoms with Crippen molar-refractivity contribution in [3.8, 4) is 0 Å². The van der Waals surface area contributed by atoms with E-state index in [2.05, 4.69) is 13.8 Å². The number of carboxylic acids is 1. The number of carboxylic acid groups (broad SMARTS) is 1. The second kappa shape index (κ2) is 7.97. The predicted molar refractivity (Wildman–Crippen MR) is 98.6 cm³/mol. The molecule has 0 saturated carbocycles. The third kappa shape index (κ3) is 4.15. The van der Waals surface area contributed by atoms with Crippen molar-refractivity contribution in [2.24, 2.45) is 11.8 Å². The Hall–Kier alpha value is -1.95. The number of carbonyl (C=O) groups excluding carboxylic acids is 1. The van der Waals surface area contributed by atoms with Gasteiger partial charge in [0, 0.05) is 13.0 Å². The molecule has 1 aromatic rings. The summed E-state index contributed by atoms with van der Waals surface area (Å²) in [6.45, 7) is 5.32. The van der Waals surface area contributed by atoms with E-state index in [9.17, 15) is 14.0 Å². The monoisotopic (exact) mass is 377 g/mol. The molecule has 3 atom stereocenters. The maximum absolute atomic E-state index is 13.7. The van der Waals surface area contributed by atoms with E-state index in [0.29, 0.717) is 19.1 Å². The van der Waals surface area contributed by atoms with Gasteiger partial charge in [0.05, 0.1) is 24.7 Å². The van der Waals surface area contributed by atoms with Gasteiger partial charge in [-0.05, 0) is 48.8 Å². The van der Waals surface area contributed by atoms with E-state index in [-0.39, 0.29) is 42.1 Å². The zero-order valence-corrected chi connectivity index (χ0v) is 16.0. The maximum atomic E-state index is 13.7. The first-order chi connectivity index (χ1) is 12.8. The molecule has 5 nitrogen and oxygen atoms in total. The first-order valence-corrected chi connectivity index (χ1v) is 9.72. The van der Waals surface area contributed by atoms with Gasteiger partial charge in [0.1, 0.15) is 5.82 Å². The number of likely N-dealkylation sites (tertiary alicyclic amines) is 1. The van der Waals surface area contributed by atoms with Gasteiger partial charge in [-0.1, -0.05) is 26.0 Å². The summed E-state index contributed by atoms with van der Waals surface area (Å²) >= 11 is 0. The number of halogens is 1. The summed E-state index contributed by atoms with van der Waals surface area (Å²) < 4.78 is 20.0. The molecule has 27 heavy (non-hydrogen) atoms. The Morgan fingerprint density at radius 2 is 2.15 bits per heavy atom. The standard InChI is InChI=1S/C21H28FNO4/c1-14(2)17-12-21(9-4-10-23(21)18(24)7-8-19(25)26)13-27-20(17)15-5-3-6-16(22)11-15/h3,5-6,11,14,17,20H,4,7-10,12-13H2,1-2H3,(H,25,26)/t17-,20-,21-/m0/s1. The number of rotatable bonds is 5. The van der Waals surface area contributed by atoms with Gasteiger partial charge >= 0.3 is 5.97 Å². The number of hydrogen-bond donors (Lipinski definition) is 1. The van der Waals surface area contributed by atoms with Crippen LogP contribution in [0.15, 0.2) is 24.3 Å². The summed E-state index contributed by atoms with van der Waals surface area (Å²) in [7, 11) is 0. The van der Waals surface area contributed by atoms with Crippen LogP contribution in [0.25, 0.3) is 0 Å². The molecule has 1 N–H and O–H groups in total. The van der Waals surface area contributed by atoms with E-state index >= 15 is 0 Å². The summed E-state index contributed by atoms with van der Waals surface area (Å²) in [4.78, 5) is 25.3. The molecule has 2 aliphatic rings. The van der Waals surface area contributed by atoms with E-state index in [0.717, 1.165) is 24.8 Å². The lowest BCUT2D eigenvalue weighted by Gasteiger charge is -2.48. The van der Waals surface area contributed by atoms with Crippen LogP contribution in [-0.2, 0) is 14.3 Å². The minimum absolute atomic E-state index is 0.0246. The van der Waals surface area contributed by atoms with Crippen molar-refractivity contribution in [2.75, 3.05) is 13.2 Å². The van der Waals surface area contributed by atoms with E-state index < -0.39 is 5.97 Å². The molecule has 6 heteroatoms. The zero-order valence-electron chi connectivity index (χ0n) is 16.0. The molecule has 0 unspecified atom stereocenters. The van der Waals surface area contributed by atoms with Crippen molar-refractivity contribution in [2.45, 2.75) is 57.6 Å². The second-order valence-electron chi connectivity index (χ2n) is 8.17.